The molecular weight excluding hydrogens is 789 g/mol. The highest BCUT2D eigenvalue weighted by Crippen LogP contribution is 2.55. The summed E-state index contributed by atoms with van der Waals surface area (Å²) in [7, 11) is 0. The number of amides is 5. The van der Waals surface area contributed by atoms with Crippen LogP contribution < -0.4 is 25.2 Å². The molecule has 1 unspecified atom stereocenters. The number of hydrogen-bond acceptors (Lipinski definition) is 10. The summed E-state index contributed by atoms with van der Waals surface area (Å²) in [6, 6.07) is 18.5. The molecule has 1 saturated carbocycles. The molecule has 15 heteroatoms. The summed E-state index contributed by atoms with van der Waals surface area (Å²) in [4.78, 5) is 71.4. The van der Waals surface area contributed by atoms with E-state index in [1.54, 1.807) is 36.4 Å². The van der Waals surface area contributed by atoms with Gasteiger partial charge in [0.2, 0.25) is 11.8 Å². The third kappa shape index (κ3) is 7.47. The second-order valence-electron chi connectivity index (χ2n) is 17.9. The van der Waals surface area contributed by atoms with Crippen molar-refractivity contribution in [3.63, 3.8) is 0 Å². The van der Waals surface area contributed by atoms with Crippen LogP contribution in [0.25, 0.3) is 0 Å². The maximum absolute atomic E-state index is 16.3. The van der Waals surface area contributed by atoms with E-state index in [0.29, 0.717) is 67.5 Å². The van der Waals surface area contributed by atoms with Gasteiger partial charge >= 0.3 is 0 Å². The molecule has 5 amide bonds. The number of carbonyl (C=O) groups is 5. The summed E-state index contributed by atoms with van der Waals surface area (Å²) >= 11 is 6.24. The first-order chi connectivity index (χ1) is 28.5. The SMILES string of the molecule is CC1(C)C(NC(=O)c2ccc(N3CCN(CC4(F)CCN(c5ccc6c(c5)C(=O)N(C5CCC(=O)NC5=O)C6=O)CC4)CC3)cc2)C(C)(C)C1Oc1ccc(C#N)c(Cl)c1. The van der Waals surface area contributed by atoms with E-state index in [1.165, 1.54) is 0 Å². The Kier molecular flexibility index (Phi) is 10.6. The first-order valence-corrected chi connectivity index (χ1v) is 20.9. The van der Waals surface area contributed by atoms with Crippen LogP contribution in [0.15, 0.2) is 60.7 Å². The molecule has 0 spiro atoms. The molecule has 8 rings (SSSR count). The van der Waals surface area contributed by atoms with E-state index >= 15 is 4.39 Å². The maximum atomic E-state index is 16.3. The summed E-state index contributed by atoms with van der Waals surface area (Å²) < 4.78 is 22.7. The first kappa shape index (κ1) is 41.2. The molecule has 2 N–H and O–H groups in total. The van der Waals surface area contributed by atoms with Gasteiger partial charge in [0, 0.05) is 105 Å². The van der Waals surface area contributed by atoms with Crippen LogP contribution in [0.4, 0.5) is 15.8 Å². The maximum Gasteiger partial charge on any atom is 0.262 e. The van der Waals surface area contributed by atoms with Gasteiger partial charge in [-0.15, -0.1) is 0 Å². The van der Waals surface area contributed by atoms with E-state index in [-0.39, 0.29) is 52.9 Å². The number of nitrogens with one attached hydrogen (secondary N) is 2. The van der Waals surface area contributed by atoms with Crippen molar-refractivity contribution in [1.29, 1.82) is 5.26 Å². The molecule has 4 heterocycles. The topological polar surface area (TPSA) is 155 Å². The van der Waals surface area contributed by atoms with Gasteiger partial charge in [0.1, 0.15) is 29.6 Å². The Bertz CT molecular complexity index is 2280. The minimum Gasteiger partial charge on any atom is -0.489 e. The Morgan fingerprint density at radius 2 is 1.50 bits per heavy atom. The predicted molar refractivity (Wildman–Crippen MR) is 223 cm³/mol. The number of carbonyl (C=O) groups excluding carboxylic acids is 5. The van der Waals surface area contributed by atoms with Gasteiger partial charge in [-0.1, -0.05) is 39.3 Å². The van der Waals surface area contributed by atoms with Crippen LogP contribution in [0.1, 0.15) is 90.0 Å². The van der Waals surface area contributed by atoms with Crippen LogP contribution in [0.5, 0.6) is 5.75 Å². The van der Waals surface area contributed by atoms with Crippen LogP contribution in [0.3, 0.4) is 0 Å². The van der Waals surface area contributed by atoms with Gasteiger partial charge in [0.05, 0.1) is 21.7 Å². The Morgan fingerprint density at radius 1 is 0.867 bits per heavy atom. The molecule has 4 fully saturated rings. The molecule has 13 nitrogen and oxygen atoms in total. The normalized spacial score (nSPS) is 24.6. The number of anilines is 2. The fourth-order valence-electron chi connectivity index (χ4n) is 10.2. The van der Waals surface area contributed by atoms with Crippen molar-refractivity contribution in [2.75, 3.05) is 55.6 Å². The number of nitrogens with zero attached hydrogens (tertiary/aromatic N) is 5. The molecule has 3 aromatic carbocycles. The smallest absolute Gasteiger partial charge is 0.262 e. The quantitative estimate of drug-likeness (QED) is 0.270. The molecule has 0 aromatic heterocycles. The number of ether oxygens (including phenoxy) is 1. The minimum atomic E-state index is -1.37. The molecule has 1 aliphatic carbocycles. The lowest BCUT2D eigenvalue weighted by Crippen LogP contribution is -2.74. The zero-order valence-corrected chi connectivity index (χ0v) is 35.0. The van der Waals surface area contributed by atoms with Crippen molar-refractivity contribution < 1.29 is 33.1 Å². The molecule has 314 valence electrons. The van der Waals surface area contributed by atoms with E-state index in [4.69, 9.17) is 16.3 Å². The standard InChI is InChI=1S/C45H49ClFN7O6/c1-43(2)41(44(3,4)42(43)60-31-11-7-28(25-48)34(46)24-31)50-37(56)27-5-8-29(9-6-27)53-21-19-51(20-22-53)26-45(47)15-17-52(18-16-45)30-10-12-32-33(23-30)40(59)54(39(32)58)35-13-14-36(55)49-38(35)57/h5-12,23-24,35,41-42H,13-22,26H2,1-4H3,(H,50,56)(H,49,55,57). The number of imide groups is 2. The molecule has 3 saturated heterocycles. The summed E-state index contributed by atoms with van der Waals surface area (Å²) in [5.74, 6) is -1.77. The second kappa shape index (κ2) is 15.5. The zero-order chi connectivity index (χ0) is 42.7. The third-order valence-electron chi connectivity index (χ3n) is 13.3. The number of rotatable bonds is 9. The van der Waals surface area contributed by atoms with Gasteiger partial charge in [0.25, 0.3) is 17.7 Å². The molecule has 0 radical (unpaired) electrons. The average Bonchev–Trinajstić information content (AvgIpc) is 3.47. The molecule has 1 atom stereocenters. The minimum absolute atomic E-state index is 0.0535. The van der Waals surface area contributed by atoms with Crippen molar-refractivity contribution in [3.8, 4) is 11.8 Å². The van der Waals surface area contributed by atoms with Gasteiger partial charge in [-0.2, -0.15) is 5.26 Å². The van der Waals surface area contributed by atoms with Crippen LogP contribution in [0.2, 0.25) is 5.02 Å². The summed E-state index contributed by atoms with van der Waals surface area (Å²) in [5, 5.41) is 15.0. The number of halogens is 2. The number of benzene rings is 3. The lowest BCUT2D eigenvalue weighted by Gasteiger charge is -2.63. The largest absolute Gasteiger partial charge is 0.489 e. The van der Waals surface area contributed by atoms with Gasteiger partial charge in [-0.05, 0) is 61.0 Å². The number of alkyl halides is 1. The number of piperazine rings is 1. The summed E-state index contributed by atoms with van der Waals surface area (Å²) in [6.45, 7) is 12.4. The molecule has 5 aliphatic rings. The predicted octanol–water partition coefficient (Wildman–Crippen LogP) is 5.36. The summed E-state index contributed by atoms with van der Waals surface area (Å²) in [5.41, 5.74) is 0.970. The monoisotopic (exact) mass is 837 g/mol. The molecule has 0 bridgehead atoms. The fraction of sp³-hybridized carbons (Fsp3) is 0.467. The highest BCUT2D eigenvalue weighted by Gasteiger charge is 2.64. The number of nitriles is 1. The van der Waals surface area contributed by atoms with Crippen molar-refractivity contribution in [1.82, 2.24) is 20.4 Å². The molecule has 4 aliphatic heterocycles. The zero-order valence-electron chi connectivity index (χ0n) is 34.2. The highest BCUT2D eigenvalue weighted by molar-refractivity contribution is 6.31. The first-order valence-electron chi connectivity index (χ1n) is 20.5. The Labute approximate surface area is 353 Å². The van der Waals surface area contributed by atoms with Gasteiger partial charge < -0.3 is 19.9 Å². The highest BCUT2D eigenvalue weighted by atomic mass is 35.5. The Balaban J connectivity index is 0.804. The lowest BCUT2D eigenvalue weighted by atomic mass is 9.49. The van der Waals surface area contributed by atoms with Crippen molar-refractivity contribution in [2.24, 2.45) is 10.8 Å². The lowest BCUT2D eigenvalue weighted by molar-refractivity contribution is -0.164. The van der Waals surface area contributed by atoms with Gasteiger partial charge in [-0.3, -0.25) is 39.1 Å². The number of fused-ring (bicyclic) bond motifs is 1. The van der Waals surface area contributed by atoms with E-state index in [9.17, 15) is 29.2 Å². The van der Waals surface area contributed by atoms with Gasteiger partial charge in [-0.25, -0.2) is 4.39 Å². The van der Waals surface area contributed by atoms with Crippen molar-refractivity contribution in [2.45, 2.75) is 77.2 Å². The summed E-state index contributed by atoms with van der Waals surface area (Å²) in [6.07, 6.45) is 0.573. The van der Waals surface area contributed by atoms with Gasteiger partial charge in [0.15, 0.2) is 0 Å². The number of hydrogen-bond donors (Lipinski definition) is 2. The van der Waals surface area contributed by atoms with Crippen LogP contribution in [0, 0.1) is 22.2 Å². The van der Waals surface area contributed by atoms with E-state index < -0.39 is 35.3 Å². The Hall–Kier alpha value is -5.52. The van der Waals surface area contributed by atoms with E-state index in [0.717, 1.165) is 29.4 Å². The van der Waals surface area contributed by atoms with E-state index in [2.05, 4.69) is 54.2 Å². The molecule has 3 aromatic rings. The number of piperidine rings is 2. The molecule has 60 heavy (non-hydrogen) atoms. The molecular formula is C45H49ClFN7O6. The fourth-order valence-corrected chi connectivity index (χ4v) is 10.4. The van der Waals surface area contributed by atoms with Crippen LogP contribution in [-0.4, -0.2) is 109 Å². The third-order valence-corrected chi connectivity index (χ3v) is 13.6. The van der Waals surface area contributed by atoms with Crippen molar-refractivity contribution >= 4 is 52.5 Å². The average molecular weight is 838 g/mol. The Morgan fingerprint density at radius 3 is 2.13 bits per heavy atom. The van der Waals surface area contributed by atoms with Crippen molar-refractivity contribution in [3.05, 3.63) is 87.9 Å². The van der Waals surface area contributed by atoms with E-state index in [1.807, 2.05) is 29.2 Å². The van der Waals surface area contributed by atoms with Crippen LogP contribution in [-0.2, 0) is 9.59 Å². The van der Waals surface area contributed by atoms with Crippen LogP contribution >= 0.6 is 11.6 Å². The second-order valence-corrected chi connectivity index (χ2v) is 18.3.